The molecule has 0 fully saturated rings. The van der Waals surface area contributed by atoms with Crippen LogP contribution >= 0.6 is 28.6 Å². The summed E-state index contributed by atoms with van der Waals surface area (Å²) in [6, 6.07) is 13.0. The summed E-state index contributed by atoms with van der Waals surface area (Å²) in [6.07, 6.45) is 3.87. The molecule has 8 heteroatoms. The smallest absolute Gasteiger partial charge is 0.387 e. The number of carbonyl (C=O) groups excluding carboxylic acids is 1. The molecule has 0 bridgehead atoms. The number of halogens is 4. The molecule has 0 aromatic heterocycles. The Morgan fingerprint density at radius 1 is 1.07 bits per heavy atom. The Labute approximate surface area is 184 Å². The monoisotopic (exact) mass is 486 g/mol. The minimum absolute atomic E-state index is 0. The highest BCUT2D eigenvalue weighted by Crippen LogP contribution is 2.24. The van der Waals surface area contributed by atoms with E-state index in [1.807, 2.05) is 4.90 Å². The summed E-state index contributed by atoms with van der Waals surface area (Å²) >= 11 is 5.90. The SMILES string of the molecule is Br.O=C(CN(C1=NCCCCC1)c1ccc(OC(F)F)cc1)c1ccc(Cl)cc1. The molecule has 4 nitrogen and oxygen atoms in total. The van der Waals surface area contributed by atoms with Crippen molar-refractivity contribution in [3.05, 3.63) is 59.1 Å². The van der Waals surface area contributed by atoms with E-state index in [-0.39, 0.29) is 35.1 Å². The van der Waals surface area contributed by atoms with Crippen molar-refractivity contribution in [3.8, 4) is 5.75 Å². The van der Waals surface area contributed by atoms with E-state index in [4.69, 9.17) is 11.6 Å². The van der Waals surface area contributed by atoms with Crippen LogP contribution in [-0.4, -0.2) is 31.3 Å². The van der Waals surface area contributed by atoms with Gasteiger partial charge in [-0.3, -0.25) is 9.79 Å². The van der Waals surface area contributed by atoms with E-state index in [9.17, 15) is 13.6 Å². The van der Waals surface area contributed by atoms with Gasteiger partial charge in [0.1, 0.15) is 11.6 Å². The second kappa shape index (κ2) is 11.3. The molecule has 0 saturated heterocycles. The second-order valence-corrected chi connectivity index (χ2v) is 6.93. The summed E-state index contributed by atoms with van der Waals surface area (Å²) in [4.78, 5) is 19.3. The van der Waals surface area contributed by atoms with Gasteiger partial charge < -0.3 is 9.64 Å². The number of ketones is 1. The van der Waals surface area contributed by atoms with Crippen molar-refractivity contribution in [2.24, 2.45) is 4.99 Å². The number of amidine groups is 1. The Morgan fingerprint density at radius 2 is 1.76 bits per heavy atom. The molecule has 2 aromatic rings. The van der Waals surface area contributed by atoms with Gasteiger partial charge in [0.05, 0.1) is 6.54 Å². The molecule has 0 aliphatic carbocycles. The summed E-state index contributed by atoms with van der Waals surface area (Å²) < 4.78 is 29.2. The minimum atomic E-state index is -2.88. The van der Waals surface area contributed by atoms with Crippen LogP contribution in [0.25, 0.3) is 0 Å². The van der Waals surface area contributed by atoms with Crippen LogP contribution < -0.4 is 9.64 Å². The zero-order valence-corrected chi connectivity index (χ0v) is 18.2. The van der Waals surface area contributed by atoms with Gasteiger partial charge in [0.15, 0.2) is 5.78 Å². The Bertz CT molecular complexity index is 830. The van der Waals surface area contributed by atoms with Gasteiger partial charge in [0, 0.05) is 29.2 Å². The van der Waals surface area contributed by atoms with Gasteiger partial charge >= 0.3 is 6.61 Å². The third-order valence-electron chi connectivity index (χ3n) is 4.51. The van der Waals surface area contributed by atoms with E-state index in [0.717, 1.165) is 31.5 Å². The molecule has 0 spiro atoms. The van der Waals surface area contributed by atoms with Crippen LogP contribution in [0, 0.1) is 0 Å². The van der Waals surface area contributed by atoms with E-state index in [1.165, 1.54) is 12.1 Å². The molecule has 1 aliphatic rings. The first kappa shape index (κ1) is 23.3. The fourth-order valence-electron chi connectivity index (χ4n) is 3.09. The van der Waals surface area contributed by atoms with Crippen molar-refractivity contribution in [3.63, 3.8) is 0 Å². The van der Waals surface area contributed by atoms with Crippen molar-refractivity contribution < 1.29 is 18.3 Å². The maximum atomic E-state index is 12.8. The quantitative estimate of drug-likeness (QED) is 0.457. The van der Waals surface area contributed by atoms with Gasteiger partial charge in [-0.15, -0.1) is 17.0 Å². The molecule has 0 N–H and O–H groups in total. The van der Waals surface area contributed by atoms with Crippen LogP contribution in [0.2, 0.25) is 5.02 Å². The fourth-order valence-corrected chi connectivity index (χ4v) is 3.21. The number of rotatable bonds is 6. The Morgan fingerprint density at radius 3 is 2.41 bits per heavy atom. The zero-order valence-electron chi connectivity index (χ0n) is 15.7. The highest BCUT2D eigenvalue weighted by molar-refractivity contribution is 8.93. The molecular formula is C21H22BrClF2N2O2. The third kappa shape index (κ3) is 6.78. The number of aliphatic imine (C=N–C) groups is 1. The maximum Gasteiger partial charge on any atom is 0.387 e. The first-order valence-corrected chi connectivity index (χ1v) is 9.55. The molecule has 0 atom stereocenters. The molecule has 0 amide bonds. The van der Waals surface area contributed by atoms with Gasteiger partial charge in [-0.25, -0.2) is 0 Å². The number of nitrogens with zero attached hydrogens (tertiary/aromatic N) is 2. The summed E-state index contributed by atoms with van der Waals surface area (Å²) in [7, 11) is 0. The normalized spacial score (nSPS) is 13.9. The molecule has 3 rings (SSSR count). The van der Waals surface area contributed by atoms with Crippen molar-refractivity contribution in [1.29, 1.82) is 0 Å². The summed E-state index contributed by atoms with van der Waals surface area (Å²) in [5, 5.41) is 0.566. The molecule has 1 aliphatic heterocycles. The van der Waals surface area contributed by atoms with Crippen LogP contribution in [0.3, 0.4) is 0 Å². The van der Waals surface area contributed by atoms with E-state index in [0.29, 0.717) is 22.8 Å². The van der Waals surface area contributed by atoms with Gasteiger partial charge in [-0.1, -0.05) is 18.0 Å². The van der Waals surface area contributed by atoms with Crippen molar-refractivity contribution in [1.82, 2.24) is 0 Å². The molecule has 29 heavy (non-hydrogen) atoms. The number of benzene rings is 2. The average Bonchev–Trinajstić information content (AvgIpc) is 2.96. The number of carbonyl (C=O) groups is 1. The topological polar surface area (TPSA) is 41.9 Å². The Hall–Kier alpha value is -1.99. The number of hydrogen-bond donors (Lipinski definition) is 0. The fraction of sp³-hybridized carbons (Fsp3) is 0.333. The predicted molar refractivity (Wildman–Crippen MR) is 117 cm³/mol. The summed E-state index contributed by atoms with van der Waals surface area (Å²) in [6.45, 7) is -2.05. The van der Waals surface area contributed by atoms with E-state index < -0.39 is 6.61 Å². The summed E-state index contributed by atoms with van der Waals surface area (Å²) in [5.41, 5.74) is 1.27. The van der Waals surface area contributed by atoms with Crippen LogP contribution in [0.15, 0.2) is 53.5 Å². The number of anilines is 1. The molecule has 0 saturated carbocycles. The highest BCUT2D eigenvalue weighted by Gasteiger charge is 2.20. The largest absolute Gasteiger partial charge is 0.435 e. The molecule has 0 radical (unpaired) electrons. The van der Waals surface area contributed by atoms with Gasteiger partial charge in [-0.05, 0) is 61.4 Å². The van der Waals surface area contributed by atoms with E-state index in [1.54, 1.807) is 36.4 Å². The minimum Gasteiger partial charge on any atom is -0.435 e. The molecule has 1 heterocycles. The van der Waals surface area contributed by atoms with Crippen LogP contribution in [0.4, 0.5) is 14.5 Å². The lowest BCUT2D eigenvalue weighted by Gasteiger charge is -2.26. The van der Waals surface area contributed by atoms with Crippen LogP contribution in [0.1, 0.15) is 36.0 Å². The van der Waals surface area contributed by atoms with Gasteiger partial charge in [0.2, 0.25) is 0 Å². The number of Topliss-reactive ketones (excluding diaryl/α,β-unsaturated/α-hetero) is 1. The van der Waals surface area contributed by atoms with Crippen molar-refractivity contribution in [2.75, 3.05) is 18.0 Å². The van der Waals surface area contributed by atoms with E-state index >= 15 is 0 Å². The predicted octanol–water partition coefficient (Wildman–Crippen LogP) is 6.18. The average molecular weight is 488 g/mol. The molecule has 0 unspecified atom stereocenters. The lowest BCUT2D eigenvalue weighted by molar-refractivity contribution is -0.0498. The Balaban J connectivity index is 0.00000300. The summed E-state index contributed by atoms with van der Waals surface area (Å²) in [5.74, 6) is 0.837. The van der Waals surface area contributed by atoms with Gasteiger partial charge in [0.25, 0.3) is 0 Å². The highest BCUT2D eigenvalue weighted by atomic mass is 79.9. The number of alkyl halides is 2. The standard InChI is InChI=1S/C21H21ClF2N2O2.BrH/c22-16-7-5-15(6-8-16)19(27)14-26(20-4-2-1-3-13-25-20)17-9-11-18(12-10-17)28-21(23)24;/h5-12,21H,1-4,13-14H2;1H. The number of ether oxygens (including phenoxy) is 1. The molecule has 2 aromatic carbocycles. The molecule has 156 valence electrons. The first-order valence-electron chi connectivity index (χ1n) is 9.17. The van der Waals surface area contributed by atoms with Crippen LogP contribution in [0.5, 0.6) is 5.75 Å². The van der Waals surface area contributed by atoms with Crippen molar-refractivity contribution in [2.45, 2.75) is 32.3 Å². The van der Waals surface area contributed by atoms with Crippen LogP contribution in [-0.2, 0) is 0 Å². The second-order valence-electron chi connectivity index (χ2n) is 6.50. The zero-order chi connectivity index (χ0) is 19.9. The maximum absolute atomic E-state index is 12.8. The molecular weight excluding hydrogens is 466 g/mol. The van der Waals surface area contributed by atoms with Crippen molar-refractivity contribution >= 4 is 45.9 Å². The Kier molecular flexibility index (Phi) is 9.04. The first-order chi connectivity index (χ1) is 13.5. The third-order valence-corrected chi connectivity index (χ3v) is 4.76. The lowest BCUT2D eigenvalue weighted by atomic mass is 10.1. The van der Waals surface area contributed by atoms with Gasteiger partial charge in [-0.2, -0.15) is 8.78 Å². The lowest BCUT2D eigenvalue weighted by Crippen LogP contribution is -2.36. The number of hydrogen-bond acceptors (Lipinski definition) is 4. The van der Waals surface area contributed by atoms with E-state index in [2.05, 4.69) is 9.73 Å².